The standard InChI is InChI=1S/C18H20FN3OS/c1-11-6-12(7-16(19)21-11)13-9-20-17-8-14(23-5)15(10-22(13)17)24-18(2,3)4/h6-10H,1-5H3. The Morgan fingerprint density at radius 1 is 1.21 bits per heavy atom. The van der Waals surface area contributed by atoms with Gasteiger partial charge in [-0.1, -0.05) is 20.8 Å². The van der Waals surface area contributed by atoms with Gasteiger partial charge in [-0.3, -0.25) is 4.40 Å². The molecule has 126 valence electrons. The molecule has 0 amide bonds. The maximum absolute atomic E-state index is 13.7. The van der Waals surface area contributed by atoms with Crippen molar-refractivity contribution >= 4 is 17.4 Å². The highest BCUT2D eigenvalue weighted by Gasteiger charge is 2.18. The zero-order valence-corrected chi connectivity index (χ0v) is 15.2. The first kappa shape index (κ1) is 16.8. The molecule has 0 saturated carbocycles. The Morgan fingerprint density at radius 2 is 1.96 bits per heavy atom. The van der Waals surface area contributed by atoms with Gasteiger partial charge in [-0.25, -0.2) is 9.97 Å². The van der Waals surface area contributed by atoms with E-state index in [1.54, 1.807) is 32.0 Å². The normalized spacial score (nSPS) is 11.9. The van der Waals surface area contributed by atoms with Crippen molar-refractivity contribution in [2.24, 2.45) is 0 Å². The second kappa shape index (κ2) is 6.09. The summed E-state index contributed by atoms with van der Waals surface area (Å²) in [6.07, 6.45) is 3.74. The average molecular weight is 345 g/mol. The molecule has 0 radical (unpaired) electrons. The molecule has 0 aliphatic rings. The minimum atomic E-state index is -0.488. The third-order valence-electron chi connectivity index (χ3n) is 3.43. The molecule has 0 aromatic carbocycles. The van der Waals surface area contributed by atoms with E-state index in [1.807, 2.05) is 22.7 Å². The molecule has 4 nitrogen and oxygen atoms in total. The first-order valence-corrected chi connectivity index (χ1v) is 8.47. The van der Waals surface area contributed by atoms with E-state index in [-0.39, 0.29) is 4.75 Å². The summed E-state index contributed by atoms with van der Waals surface area (Å²) in [5.41, 5.74) is 2.98. The summed E-state index contributed by atoms with van der Waals surface area (Å²) in [5, 5.41) is 0. The number of aryl methyl sites for hydroxylation is 1. The third-order valence-corrected chi connectivity index (χ3v) is 4.57. The molecule has 0 saturated heterocycles. The number of aromatic nitrogens is 3. The molecule has 0 aliphatic heterocycles. The monoisotopic (exact) mass is 345 g/mol. The van der Waals surface area contributed by atoms with Crippen LogP contribution in [0.3, 0.4) is 0 Å². The molecule has 0 N–H and O–H groups in total. The predicted molar refractivity (Wildman–Crippen MR) is 95.3 cm³/mol. The van der Waals surface area contributed by atoms with E-state index in [4.69, 9.17) is 4.74 Å². The van der Waals surface area contributed by atoms with Gasteiger partial charge in [0, 0.05) is 34.3 Å². The van der Waals surface area contributed by atoms with E-state index in [0.717, 1.165) is 27.5 Å². The van der Waals surface area contributed by atoms with Crippen LogP contribution in [0.5, 0.6) is 5.75 Å². The summed E-state index contributed by atoms with van der Waals surface area (Å²) in [7, 11) is 1.66. The molecule has 0 fully saturated rings. The molecule has 6 heteroatoms. The maximum Gasteiger partial charge on any atom is 0.213 e. The van der Waals surface area contributed by atoms with E-state index in [1.165, 1.54) is 6.07 Å². The van der Waals surface area contributed by atoms with Gasteiger partial charge in [0.05, 0.1) is 23.9 Å². The minimum absolute atomic E-state index is 0.0427. The number of imidazole rings is 1. The molecule has 0 spiro atoms. The second-order valence-electron chi connectivity index (χ2n) is 6.61. The number of thioether (sulfide) groups is 1. The van der Waals surface area contributed by atoms with Gasteiger partial charge < -0.3 is 4.74 Å². The lowest BCUT2D eigenvalue weighted by Gasteiger charge is -2.19. The van der Waals surface area contributed by atoms with E-state index >= 15 is 0 Å². The van der Waals surface area contributed by atoms with Crippen molar-refractivity contribution in [3.05, 3.63) is 42.2 Å². The number of hydrogen-bond acceptors (Lipinski definition) is 4. The second-order valence-corrected chi connectivity index (χ2v) is 8.48. The zero-order chi connectivity index (χ0) is 17.5. The average Bonchev–Trinajstić information content (AvgIpc) is 2.86. The molecule has 3 aromatic heterocycles. The summed E-state index contributed by atoms with van der Waals surface area (Å²) < 4.78 is 21.2. The number of rotatable bonds is 3. The summed E-state index contributed by atoms with van der Waals surface area (Å²) in [6.45, 7) is 8.23. The van der Waals surface area contributed by atoms with Crippen molar-refractivity contribution in [2.45, 2.75) is 37.3 Å². The van der Waals surface area contributed by atoms with Crippen LogP contribution in [-0.4, -0.2) is 26.2 Å². The Kier molecular flexibility index (Phi) is 4.25. The Morgan fingerprint density at radius 3 is 2.58 bits per heavy atom. The van der Waals surface area contributed by atoms with Crippen molar-refractivity contribution in [1.29, 1.82) is 0 Å². The molecule has 0 aliphatic carbocycles. The first-order valence-electron chi connectivity index (χ1n) is 7.65. The lowest BCUT2D eigenvalue weighted by atomic mass is 10.2. The molecule has 0 atom stereocenters. The van der Waals surface area contributed by atoms with Crippen LogP contribution in [-0.2, 0) is 0 Å². The van der Waals surface area contributed by atoms with Crippen molar-refractivity contribution < 1.29 is 9.13 Å². The number of hydrogen-bond donors (Lipinski definition) is 0. The van der Waals surface area contributed by atoms with Crippen molar-refractivity contribution in [2.75, 3.05) is 7.11 Å². The summed E-state index contributed by atoms with van der Waals surface area (Å²) in [5.74, 6) is 0.300. The van der Waals surface area contributed by atoms with Crippen LogP contribution in [0, 0.1) is 12.9 Å². The van der Waals surface area contributed by atoms with Crippen molar-refractivity contribution in [1.82, 2.24) is 14.4 Å². The molecule has 3 heterocycles. The predicted octanol–water partition coefficient (Wildman–Crippen LogP) is 4.74. The smallest absolute Gasteiger partial charge is 0.213 e. The van der Waals surface area contributed by atoms with Gasteiger partial charge in [-0.05, 0) is 13.0 Å². The number of nitrogens with zero attached hydrogens (tertiary/aromatic N) is 3. The van der Waals surface area contributed by atoms with Crippen molar-refractivity contribution in [3.63, 3.8) is 0 Å². The first-order chi connectivity index (χ1) is 11.3. The lowest BCUT2D eigenvalue weighted by molar-refractivity contribution is 0.404. The number of halogens is 1. The Labute approximate surface area is 145 Å². The summed E-state index contributed by atoms with van der Waals surface area (Å²) in [6, 6.07) is 5.19. The highest BCUT2D eigenvalue weighted by atomic mass is 32.2. The topological polar surface area (TPSA) is 39.4 Å². The molecule has 0 unspecified atom stereocenters. The van der Waals surface area contributed by atoms with Gasteiger partial charge in [0.25, 0.3) is 0 Å². The summed E-state index contributed by atoms with van der Waals surface area (Å²) >= 11 is 1.72. The fraction of sp³-hybridized carbons (Fsp3) is 0.333. The van der Waals surface area contributed by atoms with Crippen LogP contribution in [0.15, 0.2) is 35.5 Å². The van der Waals surface area contributed by atoms with Crippen LogP contribution < -0.4 is 4.74 Å². The molecular formula is C18H20FN3OS. The number of fused-ring (bicyclic) bond motifs is 1. The molecular weight excluding hydrogens is 325 g/mol. The van der Waals surface area contributed by atoms with Crippen molar-refractivity contribution in [3.8, 4) is 17.0 Å². The van der Waals surface area contributed by atoms with Gasteiger partial charge in [0.2, 0.25) is 5.95 Å². The van der Waals surface area contributed by atoms with Crippen LogP contribution in [0.2, 0.25) is 0 Å². The van der Waals surface area contributed by atoms with E-state index in [0.29, 0.717) is 5.69 Å². The Bertz CT molecular complexity index is 879. The molecule has 0 bridgehead atoms. The van der Waals surface area contributed by atoms with Crippen LogP contribution in [0.1, 0.15) is 26.5 Å². The molecule has 3 aromatic rings. The van der Waals surface area contributed by atoms with Crippen LogP contribution in [0.4, 0.5) is 4.39 Å². The third kappa shape index (κ3) is 3.38. The minimum Gasteiger partial charge on any atom is -0.495 e. The number of ether oxygens (including phenoxy) is 1. The highest BCUT2D eigenvalue weighted by molar-refractivity contribution is 8.00. The SMILES string of the molecule is COc1cc2ncc(-c3cc(C)nc(F)c3)n2cc1SC(C)(C)C. The maximum atomic E-state index is 13.7. The molecule has 3 rings (SSSR count). The van der Waals surface area contributed by atoms with Gasteiger partial charge in [0.15, 0.2) is 0 Å². The van der Waals surface area contributed by atoms with Gasteiger partial charge in [-0.15, -0.1) is 11.8 Å². The highest BCUT2D eigenvalue weighted by Crippen LogP contribution is 2.39. The fourth-order valence-electron chi connectivity index (χ4n) is 2.54. The van der Waals surface area contributed by atoms with Gasteiger partial charge in [0.1, 0.15) is 11.4 Å². The summed E-state index contributed by atoms with van der Waals surface area (Å²) in [4.78, 5) is 9.25. The Balaban J connectivity index is 2.19. The van der Waals surface area contributed by atoms with E-state index < -0.39 is 5.95 Å². The van der Waals surface area contributed by atoms with E-state index in [2.05, 4.69) is 30.7 Å². The van der Waals surface area contributed by atoms with Crippen LogP contribution in [0.25, 0.3) is 16.9 Å². The van der Waals surface area contributed by atoms with Gasteiger partial charge in [-0.2, -0.15) is 4.39 Å². The van der Waals surface area contributed by atoms with Gasteiger partial charge >= 0.3 is 0 Å². The lowest BCUT2D eigenvalue weighted by Crippen LogP contribution is -2.07. The molecule has 24 heavy (non-hydrogen) atoms. The fourth-order valence-corrected chi connectivity index (χ4v) is 3.60. The van der Waals surface area contributed by atoms with Crippen LogP contribution >= 0.6 is 11.8 Å². The zero-order valence-electron chi connectivity index (χ0n) is 14.4. The quantitative estimate of drug-likeness (QED) is 0.507. The number of pyridine rings is 2. The Hall–Kier alpha value is -2.08. The number of methoxy groups -OCH3 is 1. The van der Waals surface area contributed by atoms with E-state index in [9.17, 15) is 4.39 Å². The largest absolute Gasteiger partial charge is 0.495 e.